The molecule has 0 radical (unpaired) electrons. The van der Waals surface area contributed by atoms with Crippen LogP contribution in [0.4, 0.5) is 15.2 Å². The van der Waals surface area contributed by atoms with E-state index in [9.17, 15) is 18.8 Å². The maximum Gasteiger partial charge on any atom is 0.350 e. The minimum absolute atomic E-state index is 0.139. The third kappa shape index (κ3) is 6.58. The van der Waals surface area contributed by atoms with Crippen LogP contribution in [0.2, 0.25) is 0 Å². The number of rotatable bonds is 8. The molecule has 176 valence electrons. The second-order valence-corrected chi connectivity index (χ2v) is 8.30. The quantitative estimate of drug-likeness (QED) is 0.362. The van der Waals surface area contributed by atoms with Crippen molar-refractivity contribution >= 4 is 46.0 Å². The van der Waals surface area contributed by atoms with Crippen LogP contribution in [-0.2, 0) is 20.9 Å². The normalized spacial score (nSPS) is 10.8. The molecule has 1 heterocycles. The minimum atomic E-state index is -0.493. The van der Waals surface area contributed by atoms with Crippen molar-refractivity contribution in [1.82, 2.24) is 4.98 Å². The fraction of sp³-hybridized carbons (Fsp3) is 0.200. The SMILES string of the molecule is CCOC(=O)c1sc(N(Cc2ccc(F)cc2)C(=O)/C=C/c2ccc(NC(C)=O)cc2)nc1C. The molecule has 3 rings (SSSR count). The summed E-state index contributed by atoms with van der Waals surface area (Å²) in [5, 5.41) is 3.02. The molecule has 7 nitrogen and oxygen atoms in total. The average molecular weight is 482 g/mol. The summed E-state index contributed by atoms with van der Waals surface area (Å²) in [5.41, 5.74) is 2.58. The summed E-state index contributed by atoms with van der Waals surface area (Å²) < 4.78 is 18.4. The number of amides is 2. The molecule has 0 aliphatic rings. The summed E-state index contributed by atoms with van der Waals surface area (Å²) in [6, 6.07) is 12.8. The molecular formula is C25H24FN3O4S. The molecule has 2 aromatic carbocycles. The fourth-order valence-electron chi connectivity index (χ4n) is 3.03. The summed E-state index contributed by atoms with van der Waals surface area (Å²) in [4.78, 5) is 42.7. The predicted molar refractivity (Wildman–Crippen MR) is 130 cm³/mol. The summed E-state index contributed by atoms with van der Waals surface area (Å²) in [6.45, 7) is 5.19. The Morgan fingerprint density at radius 1 is 1.12 bits per heavy atom. The third-order valence-electron chi connectivity index (χ3n) is 4.65. The van der Waals surface area contributed by atoms with Crippen molar-refractivity contribution in [1.29, 1.82) is 0 Å². The number of hydrogen-bond acceptors (Lipinski definition) is 6. The van der Waals surface area contributed by atoms with E-state index in [-0.39, 0.29) is 30.8 Å². The summed E-state index contributed by atoms with van der Waals surface area (Å²) in [6.07, 6.45) is 3.04. The maximum absolute atomic E-state index is 13.4. The van der Waals surface area contributed by atoms with Crippen molar-refractivity contribution in [2.24, 2.45) is 0 Å². The largest absolute Gasteiger partial charge is 0.462 e. The number of ether oxygens (including phenoxy) is 1. The lowest BCUT2D eigenvalue weighted by Gasteiger charge is -2.18. The zero-order chi connectivity index (χ0) is 24.7. The van der Waals surface area contributed by atoms with E-state index in [1.807, 2.05) is 0 Å². The molecule has 3 aromatic rings. The molecule has 9 heteroatoms. The first-order valence-electron chi connectivity index (χ1n) is 10.5. The summed E-state index contributed by atoms with van der Waals surface area (Å²) in [5.74, 6) is -1.40. The van der Waals surface area contributed by atoms with E-state index in [1.165, 1.54) is 30.0 Å². The van der Waals surface area contributed by atoms with Crippen LogP contribution in [0.3, 0.4) is 0 Å². The Balaban J connectivity index is 1.87. The van der Waals surface area contributed by atoms with Gasteiger partial charge in [0.25, 0.3) is 5.91 Å². The first kappa shape index (κ1) is 24.8. The topological polar surface area (TPSA) is 88.6 Å². The van der Waals surface area contributed by atoms with E-state index in [1.54, 1.807) is 56.3 Å². The van der Waals surface area contributed by atoms with Crippen LogP contribution in [0, 0.1) is 12.7 Å². The van der Waals surface area contributed by atoms with Crippen LogP contribution in [0.15, 0.2) is 54.6 Å². The van der Waals surface area contributed by atoms with Crippen LogP contribution >= 0.6 is 11.3 Å². The lowest BCUT2D eigenvalue weighted by Crippen LogP contribution is -2.28. The number of esters is 1. The van der Waals surface area contributed by atoms with Gasteiger partial charge in [0.1, 0.15) is 10.7 Å². The molecule has 34 heavy (non-hydrogen) atoms. The molecule has 0 saturated heterocycles. The van der Waals surface area contributed by atoms with Gasteiger partial charge in [-0.1, -0.05) is 35.6 Å². The first-order valence-corrected chi connectivity index (χ1v) is 11.3. The van der Waals surface area contributed by atoms with Gasteiger partial charge < -0.3 is 10.1 Å². The van der Waals surface area contributed by atoms with Gasteiger partial charge in [-0.15, -0.1) is 0 Å². The Labute approximate surface area is 200 Å². The molecule has 0 bridgehead atoms. The zero-order valence-electron chi connectivity index (χ0n) is 19.0. The van der Waals surface area contributed by atoms with Crippen LogP contribution in [0.25, 0.3) is 6.08 Å². The number of hydrogen-bond donors (Lipinski definition) is 1. The molecule has 0 aliphatic heterocycles. The number of nitrogens with one attached hydrogen (secondary N) is 1. The molecule has 0 saturated carbocycles. The molecule has 0 fully saturated rings. The lowest BCUT2D eigenvalue weighted by atomic mass is 10.2. The van der Waals surface area contributed by atoms with Crippen molar-refractivity contribution in [3.63, 3.8) is 0 Å². The van der Waals surface area contributed by atoms with Crippen molar-refractivity contribution < 1.29 is 23.5 Å². The Morgan fingerprint density at radius 2 is 1.79 bits per heavy atom. The molecule has 0 atom stereocenters. The van der Waals surface area contributed by atoms with Gasteiger partial charge >= 0.3 is 5.97 Å². The molecule has 1 aromatic heterocycles. The highest BCUT2D eigenvalue weighted by Gasteiger charge is 2.23. The van der Waals surface area contributed by atoms with Crippen molar-refractivity contribution in [2.75, 3.05) is 16.8 Å². The van der Waals surface area contributed by atoms with Gasteiger partial charge in [-0.2, -0.15) is 0 Å². The number of carbonyl (C=O) groups excluding carboxylic acids is 3. The van der Waals surface area contributed by atoms with Gasteiger partial charge in [-0.3, -0.25) is 14.5 Å². The second-order valence-electron chi connectivity index (χ2n) is 7.32. The first-order chi connectivity index (χ1) is 16.3. The third-order valence-corrected chi connectivity index (χ3v) is 5.81. The number of aromatic nitrogens is 1. The number of aryl methyl sites for hydroxylation is 1. The highest BCUT2D eigenvalue weighted by atomic mass is 32.1. The maximum atomic E-state index is 13.4. The Bertz CT molecular complexity index is 1200. The minimum Gasteiger partial charge on any atom is -0.462 e. The molecule has 1 N–H and O–H groups in total. The van der Waals surface area contributed by atoms with E-state index >= 15 is 0 Å². The number of nitrogens with zero attached hydrogens (tertiary/aromatic N) is 2. The van der Waals surface area contributed by atoms with E-state index in [0.717, 1.165) is 16.9 Å². The van der Waals surface area contributed by atoms with E-state index in [0.29, 0.717) is 27.0 Å². The van der Waals surface area contributed by atoms with Crippen LogP contribution in [0.1, 0.15) is 40.3 Å². The van der Waals surface area contributed by atoms with Crippen molar-refractivity contribution in [3.05, 3.63) is 82.1 Å². The average Bonchev–Trinajstić information content (AvgIpc) is 3.19. The molecule has 0 spiro atoms. The van der Waals surface area contributed by atoms with E-state index in [2.05, 4.69) is 10.3 Å². The van der Waals surface area contributed by atoms with Gasteiger partial charge in [0.2, 0.25) is 5.91 Å². The standard InChI is InChI=1S/C25H24FN3O4S/c1-4-33-24(32)23-16(2)27-25(34-23)29(15-19-5-10-20(26)11-6-19)22(31)14-9-18-7-12-21(13-8-18)28-17(3)30/h5-14H,4,15H2,1-3H3,(H,28,30)/b14-9+. The lowest BCUT2D eigenvalue weighted by molar-refractivity contribution is -0.115. The van der Waals surface area contributed by atoms with Crippen molar-refractivity contribution in [3.8, 4) is 0 Å². The van der Waals surface area contributed by atoms with Gasteiger partial charge in [-0.05, 0) is 55.3 Å². The molecule has 0 aliphatic carbocycles. The number of anilines is 2. The van der Waals surface area contributed by atoms with E-state index in [4.69, 9.17) is 4.74 Å². The smallest absolute Gasteiger partial charge is 0.350 e. The number of carbonyl (C=O) groups is 3. The van der Waals surface area contributed by atoms with Gasteiger partial charge in [0.05, 0.1) is 18.8 Å². The summed E-state index contributed by atoms with van der Waals surface area (Å²) in [7, 11) is 0. The van der Waals surface area contributed by atoms with Crippen LogP contribution in [0.5, 0.6) is 0 Å². The second kappa shape index (κ2) is 11.3. The Kier molecular flexibility index (Phi) is 8.26. The Hall–Kier alpha value is -3.85. The molecule has 0 unspecified atom stereocenters. The number of benzene rings is 2. The highest BCUT2D eigenvalue weighted by Crippen LogP contribution is 2.28. The van der Waals surface area contributed by atoms with Gasteiger partial charge in [0.15, 0.2) is 5.13 Å². The highest BCUT2D eigenvalue weighted by molar-refractivity contribution is 7.17. The van der Waals surface area contributed by atoms with Crippen LogP contribution in [-0.4, -0.2) is 29.4 Å². The van der Waals surface area contributed by atoms with Crippen LogP contribution < -0.4 is 10.2 Å². The number of thiazole rings is 1. The Morgan fingerprint density at radius 3 is 2.41 bits per heavy atom. The van der Waals surface area contributed by atoms with E-state index < -0.39 is 5.97 Å². The van der Waals surface area contributed by atoms with Gasteiger partial charge in [-0.25, -0.2) is 14.2 Å². The monoisotopic (exact) mass is 481 g/mol. The molecule has 2 amide bonds. The van der Waals surface area contributed by atoms with Gasteiger partial charge in [0, 0.05) is 18.7 Å². The summed E-state index contributed by atoms with van der Waals surface area (Å²) >= 11 is 1.07. The zero-order valence-corrected chi connectivity index (χ0v) is 19.8. The predicted octanol–water partition coefficient (Wildman–Crippen LogP) is 4.97. The molecular weight excluding hydrogens is 457 g/mol. The fourth-order valence-corrected chi connectivity index (χ4v) is 4.00. The number of halogens is 1. The van der Waals surface area contributed by atoms with Crippen molar-refractivity contribution in [2.45, 2.75) is 27.3 Å².